The smallest absolute Gasteiger partial charge is 0.243 e. The Morgan fingerprint density at radius 3 is 3.07 bits per heavy atom. The fraction of sp³-hybridized carbons (Fsp3) is 0.333. The van der Waals surface area contributed by atoms with Crippen molar-refractivity contribution in [3.8, 4) is 5.88 Å². The molecule has 0 fully saturated rings. The van der Waals surface area contributed by atoms with Crippen molar-refractivity contribution in [2.24, 2.45) is 9.98 Å². The van der Waals surface area contributed by atoms with Crippen LogP contribution < -0.4 is 10.1 Å². The van der Waals surface area contributed by atoms with Crippen LogP contribution in [0, 0.1) is 6.92 Å². The number of guanidine groups is 1. The standard InChI is InChI=1S/C9H11N5O/c1-6-12-5-7(8(13-6)15-2)14-9-10-3-4-11-9/h3,5H,4H2,1-2H3,(H,11,14). The molecule has 1 aliphatic rings. The molecule has 1 aromatic heterocycles. The molecule has 0 bridgehead atoms. The first-order valence-electron chi connectivity index (χ1n) is 4.52. The Hall–Kier alpha value is -1.98. The molecule has 1 aliphatic heterocycles. The van der Waals surface area contributed by atoms with Crippen molar-refractivity contribution in [3.63, 3.8) is 0 Å². The van der Waals surface area contributed by atoms with Gasteiger partial charge in [-0.3, -0.25) is 0 Å². The van der Waals surface area contributed by atoms with E-state index in [1.54, 1.807) is 26.4 Å². The second-order valence-corrected chi connectivity index (χ2v) is 2.94. The number of rotatable bonds is 2. The number of aryl methyl sites for hydroxylation is 1. The largest absolute Gasteiger partial charge is 0.479 e. The van der Waals surface area contributed by atoms with Gasteiger partial charge in [0.15, 0.2) is 0 Å². The fourth-order valence-electron chi connectivity index (χ4n) is 1.17. The quantitative estimate of drug-likeness (QED) is 0.761. The van der Waals surface area contributed by atoms with Gasteiger partial charge >= 0.3 is 0 Å². The van der Waals surface area contributed by atoms with Gasteiger partial charge in [-0.2, -0.15) is 4.98 Å². The SMILES string of the molecule is COc1nc(C)ncc1N=C1N=CCN1. The number of nitrogens with zero attached hydrogens (tertiary/aromatic N) is 4. The molecule has 0 spiro atoms. The third kappa shape index (κ3) is 2.09. The van der Waals surface area contributed by atoms with Crippen molar-refractivity contribution in [1.29, 1.82) is 0 Å². The first-order valence-corrected chi connectivity index (χ1v) is 4.52. The van der Waals surface area contributed by atoms with Gasteiger partial charge in [-0.1, -0.05) is 0 Å². The molecule has 2 heterocycles. The zero-order chi connectivity index (χ0) is 10.7. The monoisotopic (exact) mass is 205 g/mol. The lowest BCUT2D eigenvalue weighted by Gasteiger charge is -2.03. The molecule has 6 heteroatoms. The zero-order valence-corrected chi connectivity index (χ0v) is 8.56. The van der Waals surface area contributed by atoms with Crippen LogP contribution in [0.25, 0.3) is 0 Å². The van der Waals surface area contributed by atoms with E-state index in [4.69, 9.17) is 4.74 Å². The predicted molar refractivity (Wildman–Crippen MR) is 56.9 cm³/mol. The van der Waals surface area contributed by atoms with Crippen LogP contribution in [0.1, 0.15) is 5.82 Å². The van der Waals surface area contributed by atoms with Gasteiger partial charge in [-0.05, 0) is 6.92 Å². The number of nitrogens with one attached hydrogen (secondary N) is 1. The number of aromatic nitrogens is 2. The molecule has 1 aromatic rings. The average molecular weight is 205 g/mol. The van der Waals surface area contributed by atoms with Crippen LogP contribution in [0.2, 0.25) is 0 Å². The molecule has 2 rings (SSSR count). The van der Waals surface area contributed by atoms with Gasteiger partial charge < -0.3 is 10.1 Å². The molecule has 15 heavy (non-hydrogen) atoms. The first-order chi connectivity index (χ1) is 7.29. The molecule has 0 saturated carbocycles. The molecule has 1 N–H and O–H groups in total. The fourth-order valence-corrected chi connectivity index (χ4v) is 1.17. The van der Waals surface area contributed by atoms with E-state index in [0.29, 0.717) is 29.9 Å². The minimum atomic E-state index is 0.457. The van der Waals surface area contributed by atoms with Crippen LogP contribution in [0.5, 0.6) is 5.88 Å². The van der Waals surface area contributed by atoms with Gasteiger partial charge in [0, 0.05) is 6.21 Å². The summed E-state index contributed by atoms with van der Waals surface area (Å²) in [6.45, 7) is 2.50. The molecule has 0 atom stereocenters. The second kappa shape index (κ2) is 4.04. The Morgan fingerprint density at radius 2 is 2.40 bits per heavy atom. The minimum Gasteiger partial charge on any atom is -0.479 e. The summed E-state index contributed by atoms with van der Waals surface area (Å²) in [6, 6.07) is 0. The second-order valence-electron chi connectivity index (χ2n) is 2.94. The highest BCUT2D eigenvalue weighted by Gasteiger charge is 2.07. The number of methoxy groups -OCH3 is 1. The molecular weight excluding hydrogens is 194 g/mol. The van der Waals surface area contributed by atoms with Crippen LogP contribution >= 0.6 is 0 Å². The lowest BCUT2D eigenvalue weighted by Crippen LogP contribution is -2.15. The van der Waals surface area contributed by atoms with Crippen molar-refractivity contribution in [2.75, 3.05) is 13.7 Å². The van der Waals surface area contributed by atoms with E-state index in [1.807, 2.05) is 0 Å². The van der Waals surface area contributed by atoms with Gasteiger partial charge in [-0.25, -0.2) is 15.0 Å². The van der Waals surface area contributed by atoms with Gasteiger partial charge in [0.1, 0.15) is 11.5 Å². The molecule has 6 nitrogen and oxygen atoms in total. The Balaban J connectivity index is 2.35. The van der Waals surface area contributed by atoms with Crippen LogP contribution in [-0.2, 0) is 0 Å². The lowest BCUT2D eigenvalue weighted by atomic mass is 10.5. The Morgan fingerprint density at radius 1 is 1.53 bits per heavy atom. The van der Waals surface area contributed by atoms with Crippen LogP contribution in [0.15, 0.2) is 16.2 Å². The molecule has 0 radical (unpaired) electrons. The Kier molecular flexibility index (Phi) is 2.57. The minimum absolute atomic E-state index is 0.457. The van der Waals surface area contributed by atoms with Gasteiger partial charge in [-0.15, -0.1) is 0 Å². The highest BCUT2D eigenvalue weighted by atomic mass is 16.5. The number of aliphatic imine (C=N–C) groups is 2. The topological polar surface area (TPSA) is 71.8 Å². The number of ether oxygens (including phenoxy) is 1. The third-order valence-corrected chi connectivity index (χ3v) is 1.84. The molecular formula is C9H11N5O. The molecule has 0 saturated heterocycles. The van der Waals surface area contributed by atoms with Crippen molar-refractivity contribution >= 4 is 17.9 Å². The molecule has 0 amide bonds. The maximum absolute atomic E-state index is 5.10. The summed E-state index contributed by atoms with van der Waals surface area (Å²) in [5, 5.41) is 2.99. The maximum atomic E-state index is 5.10. The average Bonchev–Trinajstić information content (AvgIpc) is 2.73. The van der Waals surface area contributed by atoms with Crippen LogP contribution in [0.4, 0.5) is 5.69 Å². The number of hydrogen-bond acceptors (Lipinski definition) is 4. The molecule has 0 unspecified atom stereocenters. The molecule has 78 valence electrons. The highest BCUT2D eigenvalue weighted by Crippen LogP contribution is 2.23. The Bertz CT molecular complexity index is 427. The highest BCUT2D eigenvalue weighted by molar-refractivity contribution is 5.95. The summed E-state index contributed by atoms with van der Waals surface area (Å²) in [5.74, 6) is 1.67. The summed E-state index contributed by atoms with van der Waals surface area (Å²) in [5.41, 5.74) is 0.574. The summed E-state index contributed by atoms with van der Waals surface area (Å²) in [6.07, 6.45) is 3.37. The van der Waals surface area contributed by atoms with E-state index in [9.17, 15) is 0 Å². The van der Waals surface area contributed by atoms with Gasteiger partial charge in [0.05, 0.1) is 19.9 Å². The van der Waals surface area contributed by atoms with Crippen LogP contribution in [-0.4, -0.2) is 35.8 Å². The van der Waals surface area contributed by atoms with E-state index in [0.717, 1.165) is 0 Å². The normalized spacial score (nSPS) is 16.8. The van der Waals surface area contributed by atoms with Crippen molar-refractivity contribution in [3.05, 3.63) is 12.0 Å². The summed E-state index contributed by atoms with van der Waals surface area (Å²) >= 11 is 0. The van der Waals surface area contributed by atoms with E-state index < -0.39 is 0 Å². The van der Waals surface area contributed by atoms with Crippen molar-refractivity contribution < 1.29 is 4.74 Å². The van der Waals surface area contributed by atoms with Gasteiger partial charge in [0.25, 0.3) is 0 Å². The summed E-state index contributed by atoms with van der Waals surface area (Å²) in [4.78, 5) is 16.4. The first kappa shape index (κ1) is 9.57. The predicted octanol–water partition coefficient (Wildman–Crippen LogP) is 0.455. The van der Waals surface area contributed by atoms with Crippen molar-refractivity contribution in [2.45, 2.75) is 6.92 Å². The van der Waals surface area contributed by atoms with E-state index in [2.05, 4.69) is 25.3 Å². The van der Waals surface area contributed by atoms with Gasteiger partial charge in [0.2, 0.25) is 11.8 Å². The van der Waals surface area contributed by atoms with E-state index >= 15 is 0 Å². The molecule has 0 aliphatic carbocycles. The third-order valence-electron chi connectivity index (χ3n) is 1.84. The number of hydrogen-bond donors (Lipinski definition) is 1. The Labute approximate surface area is 87.1 Å². The zero-order valence-electron chi connectivity index (χ0n) is 8.56. The van der Waals surface area contributed by atoms with Crippen molar-refractivity contribution in [1.82, 2.24) is 15.3 Å². The molecule has 0 aromatic carbocycles. The summed E-state index contributed by atoms with van der Waals surface area (Å²) < 4.78 is 5.10. The van der Waals surface area contributed by atoms with E-state index in [-0.39, 0.29) is 0 Å². The van der Waals surface area contributed by atoms with Crippen LogP contribution in [0.3, 0.4) is 0 Å². The summed E-state index contributed by atoms with van der Waals surface area (Å²) in [7, 11) is 1.55. The maximum Gasteiger partial charge on any atom is 0.243 e. The lowest BCUT2D eigenvalue weighted by molar-refractivity contribution is 0.397. The van der Waals surface area contributed by atoms with E-state index in [1.165, 1.54) is 0 Å².